The van der Waals surface area contributed by atoms with Crippen LogP contribution in [0.2, 0.25) is 0 Å². The second-order valence-corrected chi connectivity index (χ2v) is 5.77. The largest absolute Gasteiger partial charge is 0.477 e. The second-order valence-electron chi connectivity index (χ2n) is 5.77. The number of halogens is 4. The van der Waals surface area contributed by atoms with E-state index in [1.165, 1.54) is 4.90 Å². The number of rotatable bonds is 3. The van der Waals surface area contributed by atoms with Gasteiger partial charge in [0.05, 0.1) is 10.9 Å². The number of benzene rings is 1. The molecule has 0 aliphatic carbocycles. The number of pyridine rings is 1. The quantitative estimate of drug-likeness (QED) is 0.841. The number of hydrogen-bond acceptors (Lipinski definition) is 4. The van der Waals surface area contributed by atoms with Crippen LogP contribution in [0.15, 0.2) is 23.4 Å². The number of fused-ring (bicyclic) bond motifs is 1. The third kappa shape index (κ3) is 3.15. The number of carboxylic acid groups (broad SMARTS) is 1. The number of nitrogens with zero attached hydrogens (tertiary/aromatic N) is 2. The summed E-state index contributed by atoms with van der Waals surface area (Å²) in [6.45, 7) is 0.562. The summed E-state index contributed by atoms with van der Waals surface area (Å²) < 4.78 is 43.0. The SMILES string of the molecule is Cl.NC1CCN(c2c(F)cc3c(=O)c(C(=O)O)cn(/C=C\F)c3c2F)C1. The predicted octanol–water partition coefficient (Wildman–Crippen LogP) is 2.33. The first-order chi connectivity index (χ1) is 11.8. The molecule has 1 saturated heterocycles. The lowest BCUT2D eigenvalue weighted by atomic mass is 10.1. The minimum Gasteiger partial charge on any atom is -0.477 e. The van der Waals surface area contributed by atoms with Gasteiger partial charge in [0, 0.05) is 31.5 Å². The van der Waals surface area contributed by atoms with E-state index in [0.717, 1.165) is 23.0 Å². The van der Waals surface area contributed by atoms with E-state index in [1.54, 1.807) is 0 Å². The lowest BCUT2D eigenvalue weighted by Gasteiger charge is -2.21. The third-order valence-electron chi connectivity index (χ3n) is 4.17. The Morgan fingerprint density at radius 3 is 2.62 bits per heavy atom. The van der Waals surface area contributed by atoms with Crippen LogP contribution in [0.25, 0.3) is 17.1 Å². The zero-order chi connectivity index (χ0) is 18.3. The molecule has 10 heteroatoms. The Labute approximate surface area is 151 Å². The molecule has 3 rings (SSSR count). The lowest BCUT2D eigenvalue weighted by molar-refractivity contribution is 0.0695. The third-order valence-corrected chi connectivity index (χ3v) is 4.17. The highest BCUT2D eigenvalue weighted by Crippen LogP contribution is 2.32. The lowest BCUT2D eigenvalue weighted by Crippen LogP contribution is -2.28. The number of carboxylic acids is 1. The molecule has 1 atom stereocenters. The molecule has 1 aliphatic rings. The van der Waals surface area contributed by atoms with Gasteiger partial charge >= 0.3 is 5.97 Å². The number of aromatic carboxylic acids is 1. The molecule has 1 fully saturated rings. The van der Waals surface area contributed by atoms with Crippen molar-refractivity contribution in [2.24, 2.45) is 5.73 Å². The molecule has 2 aromatic rings. The Hall–Kier alpha value is -2.52. The van der Waals surface area contributed by atoms with Crippen molar-refractivity contribution in [1.29, 1.82) is 0 Å². The molecule has 26 heavy (non-hydrogen) atoms. The highest BCUT2D eigenvalue weighted by atomic mass is 35.5. The Bertz CT molecular complexity index is 961. The van der Waals surface area contributed by atoms with Crippen LogP contribution in [0.3, 0.4) is 0 Å². The Kier molecular flexibility index (Phi) is 5.62. The maximum Gasteiger partial charge on any atom is 0.341 e. The summed E-state index contributed by atoms with van der Waals surface area (Å²) in [6.07, 6.45) is 2.15. The van der Waals surface area contributed by atoms with Gasteiger partial charge in [-0.05, 0) is 12.5 Å². The molecule has 3 N–H and O–H groups in total. The van der Waals surface area contributed by atoms with Gasteiger partial charge in [-0.25, -0.2) is 18.0 Å². The first kappa shape index (κ1) is 19.8. The smallest absolute Gasteiger partial charge is 0.341 e. The van der Waals surface area contributed by atoms with E-state index in [2.05, 4.69) is 0 Å². The monoisotopic (exact) mass is 389 g/mol. The van der Waals surface area contributed by atoms with Gasteiger partial charge in [0.15, 0.2) is 5.82 Å². The Morgan fingerprint density at radius 2 is 2.08 bits per heavy atom. The van der Waals surface area contributed by atoms with Crippen molar-refractivity contribution in [3.05, 3.63) is 46.0 Å². The van der Waals surface area contributed by atoms with Crippen LogP contribution in [0.1, 0.15) is 16.8 Å². The van der Waals surface area contributed by atoms with Crippen LogP contribution in [0, 0.1) is 11.6 Å². The maximum absolute atomic E-state index is 15.0. The van der Waals surface area contributed by atoms with Gasteiger partial charge in [-0.2, -0.15) is 0 Å². The van der Waals surface area contributed by atoms with Crippen LogP contribution in [-0.2, 0) is 0 Å². The standard InChI is InChI=1S/C16H14F3N3O3.ClH/c17-2-4-22-7-10(16(24)25)15(23)9-5-11(18)14(12(19)13(9)22)21-3-1-8(20)6-21;/h2,4-5,7-8H,1,3,6,20H2,(H,24,25);1H/b4-2-;. The summed E-state index contributed by atoms with van der Waals surface area (Å²) in [5, 5.41) is 8.59. The molecule has 2 heterocycles. The first-order valence-corrected chi connectivity index (χ1v) is 7.42. The average molecular weight is 390 g/mol. The van der Waals surface area contributed by atoms with Gasteiger partial charge in [-0.15, -0.1) is 12.4 Å². The first-order valence-electron chi connectivity index (χ1n) is 7.42. The van der Waals surface area contributed by atoms with E-state index in [0.29, 0.717) is 13.0 Å². The molecule has 0 bridgehead atoms. The summed E-state index contributed by atoms with van der Waals surface area (Å²) in [4.78, 5) is 24.8. The van der Waals surface area contributed by atoms with Crippen LogP contribution in [0.5, 0.6) is 0 Å². The zero-order valence-corrected chi connectivity index (χ0v) is 14.1. The van der Waals surface area contributed by atoms with Crippen molar-refractivity contribution in [3.8, 4) is 0 Å². The molecular formula is C16H15ClF3N3O3. The van der Waals surface area contributed by atoms with Gasteiger partial charge in [0.1, 0.15) is 23.4 Å². The molecule has 0 spiro atoms. The summed E-state index contributed by atoms with van der Waals surface area (Å²) in [7, 11) is 0. The molecule has 1 aliphatic heterocycles. The Balaban J connectivity index is 0.00000243. The van der Waals surface area contributed by atoms with E-state index in [9.17, 15) is 18.4 Å². The van der Waals surface area contributed by atoms with Crippen molar-refractivity contribution >= 4 is 41.2 Å². The normalized spacial score (nSPS) is 17.1. The minimum absolute atomic E-state index is 0. The zero-order valence-electron chi connectivity index (χ0n) is 13.3. The summed E-state index contributed by atoms with van der Waals surface area (Å²) in [5.74, 6) is -3.66. The van der Waals surface area contributed by atoms with E-state index in [4.69, 9.17) is 10.8 Å². The molecule has 6 nitrogen and oxygen atoms in total. The maximum atomic E-state index is 15.0. The van der Waals surface area contributed by atoms with E-state index in [1.807, 2.05) is 0 Å². The highest BCUT2D eigenvalue weighted by molar-refractivity contribution is 5.94. The molecule has 0 amide bonds. The fraction of sp³-hybridized carbons (Fsp3) is 0.250. The summed E-state index contributed by atoms with van der Waals surface area (Å²) >= 11 is 0. The van der Waals surface area contributed by atoms with E-state index in [-0.39, 0.29) is 37.0 Å². The molecule has 0 radical (unpaired) electrons. The summed E-state index contributed by atoms with van der Waals surface area (Å²) in [5.41, 5.74) is 3.22. The average Bonchev–Trinajstić information content (AvgIpc) is 2.96. The highest BCUT2D eigenvalue weighted by Gasteiger charge is 2.28. The number of anilines is 1. The van der Waals surface area contributed by atoms with Crippen LogP contribution < -0.4 is 16.1 Å². The number of nitrogens with two attached hydrogens (primary N) is 1. The van der Waals surface area contributed by atoms with Crippen molar-refractivity contribution in [1.82, 2.24) is 4.57 Å². The molecule has 0 saturated carbocycles. The number of carbonyl (C=O) groups is 1. The van der Waals surface area contributed by atoms with E-state index >= 15 is 4.39 Å². The fourth-order valence-electron chi connectivity index (χ4n) is 3.04. The van der Waals surface area contributed by atoms with Crippen LogP contribution in [0.4, 0.5) is 18.9 Å². The van der Waals surface area contributed by atoms with Crippen molar-refractivity contribution in [2.75, 3.05) is 18.0 Å². The van der Waals surface area contributed by atoms with Crippen LogP contribution >= 0.6 is 12.4 Å². The molecule has 1 aromatic heterocycles. The van der Waals surface area contributed by atoms with Crippen molar-refractivity contribution in [2.45, 2.75) is 12.5 Å². The topological polar surface area (TPSA) is 88.6 Å². The van der Waals surface area contributed by atoms with Gasteiger partial charge in [-0.3, -0.25) is 4.79 Å². The predicted molar refractivity (Wildman–Crippen MR) is 93.6 cm³/mol. The van der Waals surface area contributed by atoms with Gasteiger partial charge in [-0.1, -0.05) is 0 Å². The van der Waals surface area contributed by atoms with Crippen molar-refractivity contribution < 1.29 is 23.1 Å². The second kappa shape index (κ2) is 7.38. The van der Waals surface area contributed by atoms with Crippen molar-refractivity contribution in [3.63, 3.8) is 0 Å². The van der Waals surface area contributed by atoms with Gasteiger partial charge in [0.25, 0.3) is 0 Å². The molecule has 1 aromatic carbocycles. The molecule has 140 valence electrons. The van der Waals surface area contributed by atoms with Crippen LogP contribution in [-0.4, -0.2) is 34.8 Å². The Morgan fingerprint density at radius 1 is 1.38 bits per heavy atom. The molecule has 1 unspecified atom stereocenters. The number of hydrogen-bond donors (Lipinski definition) is 2. The van der Waals surface area contributed by atoms with Gasteiger partial charge < -0.3 is 20.3 Å². The molecular weight excluding hydrogens is 375 g/mol. The van der Waals surface area contributed by atoms with E-state index < -0.39 is 39.5 Å². The number of aromatic nitrogens is 1. The summed E-state index contributed by atoms with van der Waals surface area (Å²) in [6, 6.07) is 0.534. The fourth-order valence-corrected chi connectivity index (χ4v) is 3.04. The van der Waals surface area contributed by atoms with Gasteiger partial charge in [0.2, 0.25) is 5.43 Å². The minimum atomic E-state index is -1.58.